The molecule has 0 aliphatic carbocycles. The van der Waals surface area contributed by atoms with E-state index < -0.39 is 0 Å². The molecule has 0 unspecified atom stereocenters. The SMILES string of the molecule is Cc1ccc(C)c(-n2nc(-c3cccn3C)cc2C(=O)NCCN2CCOCC2)c1. The van der Waals surface area contributed by atoms with Crippen LogP contribution >= 0.6 is 0 Å². The fourth-order valence-corrected chi connectivity index (χ4v) is 3.77. The summed E-state index contributed by atoms with van der Waals surface area (Å²) in [4.78, 5) is 15.4. The Hall–Kier alpha value is -2.90. The van der Waals surface area contributed by atoms with E-state index in [9.17, 15) is 4.79 Å². The van der Waals surface area contributed by atoms with Gasteiger partial charge in [-0.2, -0.15) is 5.10 Å². The molecule has 7 nitrogen and oxygen atoms in total. The molecule has 4 rings (SSSR count). The van der Waals surface area contributed by atoms with Crippen molar-refractivity contribution in [2.45, 2.75) is 13.8 Å². The first-order chi connectivity index (χ1) is 14.5. The molecule has 1 aromatic carbocycles. The zero-order valence-corrected chi connectivity index (χ0v) is 17.9. The third kappa shape index (κ3) is 4.32. The molecule has 2 aromatic heterocycles. The van der Waals surface area contributed by atoms with Crippen LogP contribution < -0.4 is 5.32 Å². The summed E-state index contributed by atoms with van der Waals surface area (Å²) in [7, 11) is 1.98. The number of aromatic nitrogens is 3. The van der Waals surface area contributed by atoms with Crippen LogP contribution in [0.25, 0.3) is 17.1 Å². The number of carbonyl (C=O) groups excluding carboxylic acids is 1. The first kappa shape index (κ1) is 20.4. The summed E-state index contributed by atoms with van der Waals surface area (Å²) in [6.07, 6.45) is 1.98. The summed E-state index contributed by atoms with van der Waals surface area (Å²) in [5.41, 5.74) is 5.42. The Morgan fingerprint density at radius 3 is 2.70 bits per heavy atom. The molecule has 1 N–H and O–H groups in total. The number of rotatable bonds is 6. The topological polar surface area (TPSA) is 64.3 Å². The van der Waals surface area contributed by atoms with Gasteiger partial charge in [-0.25, -0.2) is 4.68 Å². The van der Waals surface area contributed by atoms with Gasteiger partial charge in [-0.3, -0.25) is 9.69 Å². The van der Waals surface area contributed by atoms with Gasteiger partial charge < -0.3 is 14.6 Å². The van der Waals surface area contributed by atoms with Crippen molar-refractivity contribution < 1.29 is 9.53 Å². The molecule has 1 amide bonds. The summed E-state index contributed by atoms with van der Waals surface area (Å²) in [5, 5.41) is 7.89. The van der Waals surface area contributed by atoms with Gasteiger partial charge in [-0.1, -0.05) is 12.1 Å². The second-order valence-electron chi connectivity index (χ2n) is 7.83. The number of amides is 1. The molecule has 0 bridgehead atoms. The molecular formula is C23H29N5O2. The summed E-state index contributed by atoms with van der Waals surface area (Å²) in [6.45, 7) is 8.83. The maximum Gasteiger partial charge on any atom is 0.270 e. The zero-order valence-electron chi connectivity index (χ0n) is 17.9. The molecule has 158 valence electrons. The van der Waals surface area contributed by atoms with Crippen LogP contribution in [0.1, 0.15) is 21.6 Å². The lowest BCUT2D eigenvalue weighted by Gasteiger charge is -2.26. The molecule has 0 spiro atoms. The first-order valence-corrected chi connectivity index (χ1v) is 10.4. The molecular weight excluding hydrogens is 378 g/mol. The predicted octanol–water partition coefficient (Wildman–Crippen LogP) is 2.56. The third-order valence-electron chi connectivity index (χ3n) is 5.56. The number of hydrogen-bond acceptors (Lipinski definition) is 4. The molecule has 30 heavy (non-hydrogen) atoms. The molecule has 1 aliphatic rings. The van der Waals surface area contributed by atoms with Gasteiger partial charge in [0.15, 0.2) is 0 Å². The largest absolute Gasteiger partial charge is 0.379 e. The van der Waals surface area contributed by atoms with E-state index in [0.29, 0.717) is 12.2 Å². The maximum absolute atomic E-state index is 13.1. The Kier molecular flexibility index (Phi) is 6.01. The van der Waals surface area contributed by atoms with Crippen LogP contribution in [-0.4, -0.2) is 64.5 Å². The molecule has 1 saturated heterocycles. The van der Waals surface area contributed by atoms with Gasteiger partial charge in [-0.05, 0) is 49.2 Å². The number of carbonyl (C=O) groups is 1. The second kappa shape index (κ2) is 8.85. The van der Waals surface area contributed by atoms with E-state index in [1.165, 1.54) is 0 Å². The van der Waals surface area contributed by atoms with E-state index in [0.717, 1.165) is 61.1 Å². The van der Waals surface area contributed by atoms with Crippen LogP contribution in [0, 0.1) is 13.8 Å². The van der Waals surface area contributed by atoms with Crippen LogP contribution in [0.2, 0.25) is 0 Å². The van der Waals surface area contributed by atoms with E-state index >= 15 is 0 Å². The Morgan fingerprint density at radius 2 is 1.97 bits per heavy atom. The molecule has 7 heteroatoms. The van der Waals surface area contributed by atoms with Crippen molar-refractivity contribution in [3.05, 3.63) is 59.4 Å². The van der Waals surface area contributed by atoms with E-state index in [-0.39, 0.29) is 5.91 Å². The molecule has 0 saturated carbocycles. The Labute approximate surface area is 177 Å². The van der Waals surface area contributed by atoms with E-state index in [1.54, 1.807) is 4.68 Å². The van der Waals surface area contributed by atoms with E-state index in [1.807, 2.05) is 49.9 Å². The van der Waals surface area contributed by atoms with Gasteiger partial charge in [0, 0.05) is 39.4 Å². The number of nitrogens with zero attached hydrogens (tertiary/aromatic N) is 4. The zero-order chi connectivity index (χ0) is 21.1. The lowest BCUT2D eigenvalue weighted by Crippen LogP contribution is -2.41. The number of morpholine rings is 1. The average Bonchev–Trinajstić information content (AvgIpc) is 3.36. The summed E-state index contributed by atoms with van der Waals surface area (Å²) in [6, 6.07) is 12.1. The van der Waals surface area contributed by atoms with Crippen molar-refractivity contribution in [2.24, 2.45) is 7.05 Å². The molecule has 3 aromatic rings. The number of nitrogens with one attached hydrogen (secondary N) is 1. The number of ether oxygens (including phenoxy) is 1. The maximum atomic E-state index is 13.1. The number of aryl methyl sites for hydroxylation is 3. The van der Waals surface area contributed by atoms with Crippen molar-refractivity contribution in [3.63, 3.8) is 0 Å². The van der Waals surface area contributed by atoms with Gasteiger partial charge in [0.1, 0.15) is 11.4 Å². The van der Waals surface area contributed by atoms with Gasteiger partial charge in [-0.15, -0.1) is 0 Å². The fourth-order valence-electron chi connectivity index (χ4n) is 3.77. The molecule has 1 fully saturated rings. The highest BCUT2D eigenvalue weighted by Gasteiger charge is 2.20. The van der Waals surface area contributed by atoms with E-state index in [4.69, 9.17) is 9.84 Å². The molecule has 3 heterocycles. The molecule has 0 radical (unpaired) electrons. The molecule has 1 aliphatic heterocycles. The van der Waals surface area contributed by atoms with Gasteiger partial charge in [0.25, 0.3) is 5.91 Å². The number of hydrogen-bond donors (Lipinski definition) is 1. The first-order valence-electron chi connectivity index (χ1n) is 10.4. The van der Waals surface area contributed by atoms with Crippen LogP contribution in [-0.2, 0) is 11.8 Å². The van der Waals surface area contributed by atoms with Crippen molar-refractivity contribution in [3.8, 4) is 17.1 Å². The monoisotopic (exact) mass is 407 g/mol. The minimum absolute atomic E-state index is 0.114. The molecule has 0 atom stereocenters. The Balaban J connectivity index is 1.61. The second-order valence-corrected chi connectivity index (χ2v) is 7.83. The standard InChI is InChI=1S/C23H29N5O2/c1-17-6-7-18(2)21(15-17)28-22(16-19(25-28)20-5-4-9-26(20)3)23(29)24-8-10-27-11-13-30-14-12-27/h4-7,9,15-16H,8,10-14H2,1-3H3,(H,24,29). The Morgan fingerprint density at radius 1 is 1.17 bits per heavy atom. The van der Waals surface area contributed by atoms with Gasteiger partial charge in [0.05, 0.1) is 24.6 Å². The van der Waals surface area contributed by atoms with Gasteiger partial charge in [0.2, 0.25) is 0 Å². The minimum atomic E-state index is -0.114. The van der Waals surface area contributed by atoms with Crippen LogP contribution in [0.5, 0.6) is 0 Å². The van der Waals surface area contributed by atoms with Crippen LogP contribution in [0.4, 0.5) is 0 Å². The van der Waals surface area contributed by atoms with Crippen molar-refractivity contribution >= 4 is 5.91 Å². The van der Waals surface area contributed by atoms with Crippen molar-refractivity contribution in [1.82, 2.24) is 24.6 Å². The summed E-state index contributed by atoms with van der Waals surface area (Å²) < 4.78 is 9.17. The van der Waals surface area contributed by atoms with Crippen molar-refractivity contribution in [2.75, 3.05) is 39.4 Å². The summed E-state index contributed by atoms with van der Waals surface area (Å²) in [5.74, 6) is -0.114. The predicted molar refractivity (Wildman–Crippen MR) is 117 cm³/mol. The third-order valence-corrected chi connectivity index (χ3v) is 5.56. The van der Waals surface area contributed by atoms with E-state index in [2.05, 4.69) is 28.4 Å². The fraction of sp³-hybridized carbons (Fsp3) is 0.391. The number of benzene rings is 1. The Bertz CT molecular complexity index is 1030. The quantitative estimate of drug-likeness (QED) is 0.682. The van der Waals surface area contributed by atoms with Gasteiger partial charge >= 0.3 is 0 Å². The minimum Gasteiger partial charge on any atom is -0.379 e. The van der Waals surface area contributed by atoms with Crippen LogP contribution in [0.3, 0.4) is 0 Å². The highest BCUT2D eigenvalue weighted by Crippen LogP contribution is 2.24. The highest BCUT2D eigenvalue weighted by atomic mass is 16.5. The van der Waals surface area contributed by atoms with Crippen LogP contribution in [0.15, 0.2) is 42.6 Å². The highest BCUT2D eigenvalue weighted by molar-refractivity contribution is 5.94. The average molecular weight is 408 g/mol. The summed E-state index contributed by atoms with van der Waals surface area (Å²) >= 11 is 0. The normalized spacial score (nSPS) is 14.8. The van der Waals surface area contributed by atoms with Crippen molar-refractivity contribution in [1.29, 1.82) is 0 Å². The smallest absolute Gasteiger partial charge is 0.270 e. The lowest BCUT2D eigenvalue weighted by atomic mass is 10.1. The lowest BCUT2D eigenvalue weighted by molar-refractivity contribution is 0.0383.